The number of benzene rings is 1. The van der Waals surface area contributed by atoms with Crippen LogP contribution in [0.1, 0.15) is 44.6 Å². The molecule has 1 aromatic rings. The number of halogens is 1. The normalized spacial score (nSPS) is 31.7. The molecule has 0 spiro atoms. The van der Waals surface area contributed by atoms with Crippen LogP contribution in [0, 0.1) is 5.92 Å². The number of nitrogens with zero attached hydrogens (tertiary/aromatic N) is 1. The Labute approximate surface area is 139 Å². The molecule has 3 atom stereocenters. The summed E-state index contributed by atoms with van der Waals surface area (Å²) in [6.45, 7) is 2.53. The summed E-state index contributed by atoms with van der Waals surface area (Å²) in [7, 11) is 2.21. The summed E-state index contributed by atoms with van der Waals surface area (Å²) in [6, 6.07) is 10.9. The lowest BCUT2D eigenvalue weighted by Gasteiger charge is -2.53. The highest BCUT2D eigenvalue weighted by atomic mass is 35.5. The molecule has 1 heterocycles. The van der Waals surface area contributed by atoms with Gasteiger partial charge in [0.15, 0.2) is 0 Å². The zero-order valence-electron chi connectivity index (χ0n) is 13.5. The summed E-state index contributed by atoms with van der Waals surface area (Å²) in [5.74, 6) is 0.254. The molecule has 1 saturated heterocycles. The van der Waals surface area contributed by atoms with E-state index in [0.29, 0.717) is 12.0 Å². The van der Waals surface area contributed by atoms with Gasteiger partial charge in [-0.15, -0.1) is 12.4 Å². The number of esters is 1. The number of carbonyl (C=O) groups is 1. The molecule has 3 rings (SSSR count). The second kappa shape index (κ2) is 7.01. The van der Waals surface area contributed by atoms with Gasteiger partial charge in [-0.3, -0.25) is 4.79 Å². The van der Waals surface area contributed by atoms with E-state index in [1.54, 1.807) is 6.92 Å². The zero-order valence-corrected chi connectivity index (χ0v) is 14.3. The average Bonchev–Trinajstić information content (AvgIpc) is 2.51. The van der Waals surface area contributed by atoms with Crippen LogP contribution < -0.4 is 0 Å². The third-order valence-corrected chi connectivity index (χ3v) is 5.32. The summed E-state index contributed by atoms with van der Waals surface area (Å²) >= 11 is 0. The second-order valence-corrected chi connectivity index (χ2v) is 6.54. The van der Waals surface area contributed by atoms with Gasteiger partial charge in [-0.25, -0.2) is 0 Å². The molecule has 122 valence electrons. The highest BCUT2D eigenvalue weighted by molar-refractivity contribution is 5.85. The Morgan fingerprint density at radius 1 is 1.23 bits per heavy atom. The smallest absolute Gasteiger partial charge is 0.303 e. The van der Waals surface area contributed by atoms with Crippen molar-refractivity contribution in [2.45, 2.75) is 50.7 Å². The van der Waals surface area contributed by atoms with Gasteiger partial charge in [-0.2, -0.15) is 0 Å². The molecule has 0 unspecified atom stereocenters. The quantitative estimate of drug-likeness (QED) is 0.776. The minimum Gasteiger partial charge on any atom is -0.454 e. The van der Waals surface area contributed by atoms with Gasteiger partial charge in [0.2, 0.25) is 0 Å². The number of fused-ring (bicyclic) bond motifs is 1. The van der Waals surface area contributed by atoms with Crippen molar-refractivity contribution in [1.82, 2.24) is 4.90 Å². The summed E-state index contributed by atoms with van der Waals surface area (Å²) in [4.78, 5) is 14.3. The molecule has 2 aliphatic rings. The molecule has 0 amide bonds. The predicted octanol–water partition coefficient (Wildman–Crippen LogP) is 3.76. The van der Waals surface area contributed by atoms with Gasteiger partial charge in [-0.1, -0.05) is 43.2 Å². The highest BCUT2D eigenvalue weighted by Crippen LogP contribution is 2.48. The van der Waals surface area contributed by atoms with E-state index in [4.69, 9.17) is 4.74 Å². The summed E-state index contributed by atoms with van der Waals surface area (Å²) < 4.78 is 6.02. The van der Waals surface area contributed by atoms with Crippen molar-refractivity contribution in [3.8, 4) is 0 Å². The monoisotopic (exact) mass is 323 g/mol. The first-order chi connectivity index (χ1) is 10.1. The maximum absolute atomic E-state index is 11.8. The van der Waals surface area contributed by atoms with Crippen molar-refractivity contribution in [2.24, 2.45) is 5.92 Å². The van der Waals surface area contributed by atoms with Crippen LogP contribution in [0.25, 0.3) is 0 Å². The summed E-state index contributed by atoms with van der Waals surface area (Å²) in [5.41, 5.74) is 0.746. The maximum atomic E-state index is 11.8. The van der Waals surface area contributed by atoms with E-state index in [9.17, 15) is 4.79 Å². The Hall–Kier alpha value is -1.06. The van der Waals surface area contributed by atoms with Crippen LogP contribution in [0.5, 0.6) is 0 Å². The standard InChI is InChI=1S/C18H25NO2.ClH/c1-14(20)21-18(15-8-4-3-5-9-15)12-13-19(2)17-11-7-6-10-16(17)18;/h3-5,8-9,16-17H,6-7,10-13H2,1-2H3;1H/t16-,17-,18-;/m0./s1. The molecule has 1 aliphatic carbocycles. The Bertz CT molecular complexity index is 507. The first-order valence-electron chi connectivity index (χ1n) is 8.09. The first kappa shape index (κ1) is 17.3. The zero-order chi connectivity index (χ0) is 14.9. The average molecular weight is 324 g/mol. The fourth-order valence-electron chi connectivity index (χ4n) is 4.40. The molecule has 4 heteroatoms. The van der Waals surface area contributed by atoms with E-state index in [0.717, 1.165) is 19.4 Å². The van der Waals surface area contributed by atoms with E-state index in [2.05, 4.69) is 36.2 Å². The molecule has 3 nitrogen and oxygen atoms in total. The first-order valence-corrected chi connectivity index (χ1v) is 8.09. The molecule has 2 fully saturated rings. The Morgan fingerprint density at radius 3 is 2.59 bits per heavy atom. The van der Waals surface area contributed by atoms with Crippen molar-refractivity contribution >= 4 is 18.4 Å². The van der Waals surface area contributed by atoms with E-state index in [1.807, 2.05) is 6.07 Å². The van der Waals surface area contributed by atoms with Crippen molar-refractivity contribution < 1.29 is 9.53 Å². The van der Waals surface area contributed by atoms with Gasteiger partial charge < -0.3 is 9.64 Å². The van der Waals surface area contributed by atoms with Crippen molar-refractivity contribution in [1.29, 1.82) is 0 Å². The lowest BCUT2D eigenvalue weighted by Crippen LogP contribution is -2.57. The lowest BCUT2D eigenvalue weighted by molar-refractivity contribution is -0.182. The number of likely N-dealkylation sites (tertiary alicyclic amines) is 1. The molecule has 0 aromatic heterocycles. The summed E-state index contributed by atoms with van der Waals surface area (Å²) in [5, 5.41) is 0. The van der Waals surface area contributed by atoms with Gasteiger partial charge in [0.25, 0.3) is 0 Å². The number of rotatable bonds is 2. The van der Waals surface area contributed by atoms with Crippen LogP contribution in [0.3, 0.4) is 0 Å². The topological polar surface area (TPSA) is 29.5 Å². The van der Waals surface area contributed by atoms with Crippen LogP contribution in [0.2, 0.25) is 0 Å². The molecule has 1 saturated carbocycles. The molecule has 1 aromatic carbocycles. The largest absolute Gasteiger partial charge is 0.454 e. The minimum atomic E-state index is -0.426. The van der Waals surface area contributed by atoms with Gasteiger partial charge >= 0.3 is 5.97 Å². The van der Waals surface area contributed by atoms with E-state index in [1.165, 1.54) is 24.8 Å². The van der Waals surface area contributed by atoms with Crippen LogP contribution in [-0.4, -0.2) is 30.5 Å². The van der Waals surface area contributed by atoms with Gasteiger partial charge in [0.05, 0.1) is 0 Å². The number of piperidine rings is 1. The Balaban J connectivity index is 0.00000176. The van der Waals surface area contributed by atoms with Crippen molar-refractivity contribution in [3.63, 3.8) is 0 Å². The van der Waals surface area contributed by atoms with Gasteiger partial charge in [0.1, 0.15) is 5.60 Å². The highest BCUT2D eigenvalue weighted by Gasteiger charge is 2.51. The Morgan fingerprint density at radius 2 is 1.91 bits per heavy atom. The maximum Gasteiger partial charge on any atom is 0.303 e. The Kier molecular flexibility index (Phi) is 5.51. The minimum absolute atomic E-state index is 0. The van der Waals surface area contributed by atoms with Crippen molar-refractivity contribution in [2.75, 3.05) is 13.6 Å². The molecule has 1 aliphatic heterocycles. The van der Waals surface area contributed by atoms with E-state index in [-0.39, 0.29) is 18.4 Å². The van der Waals surface area contributed by atoms with Crippen LogP contribution >= 0.6 is 12.4 Å². The number of hydrogen-bond donors (Lipinski definition) is 0. The molecule has 0 N–H and O–H groups in total. The van der Waals surface area contributed by atoms with Gasteiger partial charge in [0, 0.05) is 31.8 Å². The summed E-state index contributed by atoms with van der Waals surface area (Å²) in [6.07, 6.45) is 5.80. The number of carbonyl (C=O) groups excluding carboxylic acids is 1. The number of ether oxygens (including phenoxy) is 1. The van der Waals surface area contributed by atoms with Crippen LogP contribution in [0.15, 0.2) is 30.3 Å². The molecule has 0 radical (unpaired) electrons. The fourth-order valence-corrected chi connectivity index (χ4v) is 4.40. The van der Waals surface area contributed by atoms with Crippen LogP contribution in [-0.2, 0) is 15.1 Å². The SMILES string of the molecule is CC(=O)O[C@]1(c2ccccc2)CCN(C)[C@H]2CCCC[C@@H]21.Cl. The molecule has 0 bridgehead atoms. The molecule has 22 heavy (non-hydrogen) atoms. The molecular formula is C18H26ClNO2. The third kappa shape index (κ3) is 3.02. The predicted molar refractivity (Wildman–Crippen MR) is 90.1 cm³/mol. The van der Waals surface area contributed by atoms with Crippen molar-refractivity contribution in [3.05, 3.63) is 35.9 Å². The number of hydrogen-bond acceptors (Lipinski definition) is 3. The fraction of sp³-hybridized carbons (Fsp3) is 0.611. The lowest BCUT2D eigenvalue weighted by atomic mass is 9.66. The van der Waals surface area contributed by atoms with Gasteiger partial charge in [-0.05, 0) is 25.5 Å². The second-order valence-electron chi connectivity index (χ2n) is 6.54. The third-order valence-electron chi connectivity index (χ3n) is 5.32. The van der Waals surface area contributed by atoms with E-state index < -0.39 is 5.60 Å². The molecular weight excluding hydrogens is 298 g/mol. The van der Waals surface area contributed by atoms with E-state index >= 15 is 0 Å². The van der Waals surface area contributed by atoms with Crippen LogP contribution in [0.4, 0.5) is 0 Å².